The van der Waals surface area contributed by atoms with Crippen LogP contribution in [0.3, 0.4) is 0 Å². The molecule has 0 radical (unpaired) electrons. The molecule has 2 aliphatic rings. The highest BCUT2D eigenvalue weighted by atomic mass is 16.5. The maximum Gasteiger partial charge on any atom is 0.411 e. The Morgan fingerprint density at radius 1 is 1.14 bits per heavy atom. The van der Waals surface area contributed by atoms with Crippen molar-refractivity contribution < 1.29 is 19.1 Å². The number of anilines is 1. The third-order valence-electron chi connectivity index (χ3n) is 5.25. The number of rotatable bonds is 4. The molecule has 3 heterocycles. The first kappa shape index (κ1) is 17.5. The van der Waals surface area contributed by atoms with Gasteiger partial charge in [0.15, 0.2) is 0 Å². The molecule has 1 aromatic heterocycles. The fourth-order valence-electron chi connectivity index (χ4n) is 3.73. The van der Waals surface area contributed by atoms with Gasteiger partial charge in [-0.25, -0.2) is 4.79 Å². The van der Waals surface area contributed by atoms with Crippen LogP contribution in [0.5, 0.6) is 5.75 Å². The normalized spacial score (nSPS) is 18.0. The second-order valence-electron chi connectivity index (χ2n) is 7.30. The Hall–Kier alpha value is -3.61. The summed E-state index contributed by atoms with van der Waals surface area (Å²) in [6, 6.07) is 13.7. The zero-order valence-electron chi connectivity index (χ0n) is 15.6. The maximum absolute atomic E-state index is 11.4. The number of carbonyl (C=O) groups is 2. The molecule has 3 aromatic rings. The van der Waals surface area contributed by atoms with Crippen LogP contribution in [0.25, 0.3) is 22.0 Å². The summed E-state index contributed by atoms with van der Waals surface area (Å²) in [7, 11) is 0. The van der Waals surface area contributed by atoms with Crippen LogP contribution < -0.4 is 15.4 Å². The van der Waals surface area contributed by atoms with Crippen LogP contribution in [-0.2, 0) is 16.1 Å². The van der Waals surface area contributed by atoms with Gasteiger partial charge in [0.25, 0.3) is 0 Å². The number of carbonyl (C=O) groups excluding carboxylic acids is 2. The summed E-state index contributed by atoms with van der Waals surface area (Å²) in [4.78, 5) is 27.3. The van der Waals surface area contributed by atoms with E-state index in [0.29, 0.717) is 19.6 Å². The third kappa shape index (κ3) is 3.47. The minimum absolute atomic E-state index is 0.0715. The average molecular weight is 389 g/mol. The number of fused-ring (bicyclic) bond motifs is 2. The van der Waals surface area contributed by atoms with E-state index in [1.54, 1.807) is 6.20 Å². The lowest BCUT2D eigenvalue weighted by atomic mass is 9.99. The fourth-order valence-corrected chi connectivity index (χ4v) is 3.73. The number of aromatic nitrogens is 1. The van der Waals surface area contributed by atoms with Crippen molar-refractivity contribution >= 4 is 28.6 Å². The molecule has 0 aliphatic carbocycles. The van der Waals surface area contributed by atoms with Crippen molar-refractivity contribution in [3.8, 4) is 16.9 Å². The van der Waals surface area contributed by atoms with E-state index < -0.39 is 6.09 Å². The van der Waals surface area contributed by atoms with Gasteiger partial charge in [0.1, 0.15) is 12.4 Å². The molecule has 2 amide bonds. The number of ether oxygens (including phenoxy) is 2. The molecule has 29 heavy (non-hydrogen) atoms. The molecule has 7 nitrogen and oxygen atoms in total. The molecule has 2 aromatic carbocycles. The zero-order chi connectivity index (χ0) is 19.8. The lowest BCUT2D eigenvalue weighted by Gasteiger charge is -2.19. The van der Waals surface area contributed by atoms with Crippen LogP contribution in [0.15, 0.2) is 48.7 Å². The number of amides is 2. The summed E-state index contributed by atoms with van der Waals surface area (Å²) in [5.41, 5.74) is 4.47. The average Bonchev–Trinajstić information content (AvgIpc) is 3.16. The number of nitrogens with one attached hydrogen (secondary N) is 2. The van der Waals surface area contributed by atoms with Crippen molar-refractivity contribution in [2.24, 2.45) is 5.92 Å². The Bertz CT molecular complexity index is 1130. The van der Waals surface area contributed by atoms with Crippen LogP contribution in [0, 0.1) is 5.92 Å². The van der Waals surface area contributed by atoms with Gasteiger partial charge in [-0.2, -0.15) is 0 Å². The van der Waals surface area contributed by atoms with Gasteiger partial charge in [0.05, 0.1) is 17.8 Å². The predicted octanol–water partition coefficient (Wildman–Crippen LogP) is 3.48. The topological polar surface area (TPSA) is 89.5 Å². The van der Waals surface area contributed by atoms with Crippen molar-refractivity contribution in [3.63, 3.8) is 0 Å². The highest BCUT2D eigenvalue weighted by Gasteiger charge is 2.22. The summed E-state index contributed by atoms with van der Waals surface area (Å²) >= 11 is 0. The van der Waals surface area contributed by atoms with Gasteiger partial charge in [-0.05, 0) is 47.5 Å². The van der Waals surface area contributed by atoms with Crippen molar-refractivity contribution in [1.82, 2.24) is 10.3 Å². The van der Waals surface area contributed by atoms with Crippen molar-refractivity contribution in [1.29, 1.82) is 0 Å². The number of hydrogen-bond acceptors (Lipinski definition) is 5. The molecule has 0 spiro atoms. The summed E-state index contributed by atoms with van der Waals surface area (Å²) in [5, 5.41) is 6.47. The molecule has 0 saturated carbocycles. The van der Waals surface area contributed by atoms with Crippen molar-refractivity contribution in [3.05, 3.63) is 54.2 Å². The van der Waals surface area contributed by atoms with Crippen LogP contribution in [0.4, 0.5) is 10.5 Å². The van der Waals surface area contributed by atoms with Gasteiger partial charge in [-0.3, -0.25) is 15.1 Å². The number of benzene rings is 2. The first-order valence-electron chi connectivity index (χ1n) is 9.51. The molecular weight excluding hydrogens is 370 g/mol. The highest BCUT2D eigenvalue weighted by molar-refractivity contribution is 5.91. The van der Waals surface area contributed by atoms with E-state index in [-0.39, 0.29) is 18.4 Å². The van der Waals surface area contributed by atoms with Crippen molar-refractivity contribution in [2.75, 3.05) is 18.5 Å². The smallest absolute Gasteiger partial charge is 0.411 e. The van der Waals surface area contributed by atoms with E-state index in [1.807, 2.05) is 42.5 Å². The van der Waals surface area contributed by atoms with E-state index in [4.69, 9.17) is 9.47 Å². The van der Waals surface area contributed by atoms with Gasteiger partial charge < -0.3 is 14.8 Å². The second kappa shape index (κ2) is 7.09. The number of cyclic esters (lactones) is 1. The molecule has 5 rings (SSSR count). The van der Waals surface area contributed by atoms with E-state index in [1.165, 1.54) is 0 Å². The molecule has 1 saturated heterocycles. The number of hydrogen-bond donors (Lipinski definition) is 2. The third-order valence-corrected chi connectivity index (χ3v) is 5.25. The Morgan fingerprint density at radius 3 is 2.93 bits per heavy atom. The quantitative estimate of drug-likeness (QED) is 0.713. The summed E-state index contributed by atoms with van der Waals surface area (Å²) in [6.07, 6.45) is 1.81. The molecule has 146 valence electrons. The standard InChI is InChI=1S/C22H19N3O4/c26-21-6-13(10-24-21)11-28-20-9-15(8-19-17(20)2-1-5-23-19)14-3-4-18-16(7-14)12-29-22(27)25-18/h1-5,7-9,13H,6,10-12H2,(H,24,26)(H,25,27). The first-order chi connectivity index (χ1) is 14.2. The van der Waals surface area contributed by atoms with Gasteiger partial charge in [0, 0.05) is 36.0 Å². The van der Waals surface area contributed by atoms with Crippen molar-refractivity contribution in [2.45, 2.75) is 13.0 Å². The number of nitrogens with zero attached hydrogens (tertiary/aromatic N) is 1. The minimum Gasteiger partial charge on any atom is -0.492 e. The minimum atomic E-state index is -0.435. The monoisotopic (exact) mass is 389 g/mol. The van der Waals surface area contributed by atoms with Gasteiger partial charge >= 0.3 is 6.09 Å². The Kier molecular flexibility index (Phi) is 4.27. The molecule has 2 aliphatic heterocycles. The zero-order valence-corrected chi connectivity index (χ0v) is 15.6. The second-order valence-corrected chi connectivity index (χ2v) is 7.30. The van der Waals surface area contributed by atoms with Gasteiger partial charge in [-0.1, -0.05) is 6.07 Å². The van der Waals surface area contributed by atoms with Crippen LogP contribution >= 0.6 is 0 Å². The van der Waals surface area contributed by atoms with E-state index >= 15 is 0 Å². The lowest BCUT2D eigenvalue weighted by Crippen LogP contribution is -2.20. The van der Waals surface area contributed by atoms with E-state index in [2.05, 4.69) is 15.6 Å². The molecule has 0 bridgehead atoms. The molecule has 1 unspecified atom stereocenters. The van der Waals surface area contributed by atoms with E-state index in [9.17, 15) is 9.59 Å². The lowest BCUT2D eigenvalue weighted by molar-refractivity contribution is -0.119. The fraction of sp³-hybridized carbons (Fsp3) is 0.227. The molecule has 1 atom stereocenters. The van der Waals surface area contributed by atoms with Crippen LogP contribution in [0.1, 0.15) is 12.0 Å². The maximum atomic E-state index is 11.4. The van der Waals surface area contributed by atoms with Gasteiger partial charge in [0.2, 0.25) is 5.91 Å². The Labute approximate surface area is 167 Å². The van der Waals surface area contributed by atoms with E-state index in [0.717, 1.165) is 39.0 Å². The Morgan fingerprint density at radius 2 is 2.07 bits per heavy atom. The largest absolute Gasteiger partial charge is 0.492 e. The molecular formula is C22H19N3O4. The Balaban J connectivity index is 1.49. The summed E-state index contributed by atoms with van der Waals surface area (Å²) < 4.78 is 11.2. The molecule has 1 fully saturated rings. The molecule has 7 heteroatoms. The SMILES string of the molecule is O=C1CC(COc2cc(-c3ccc4c(c3)COC(=O)N4)cc3ncccc23)CN1. The summed E-state index contributed by atoms with van der Waals surface area (Å²) in [5.74, 6) is 0.983. The predicted molar refractivity (Wildman–Crippen MR) is 108 cm³/mol. The summed E-state index contributed by atoms with van der Waals surface area (Å²) in [6.45, 7) is 1.36. The van der Waals surface area contributed by atoms with Crippen LogP contribution in [-0.4, -0.2) is 30.1 Å². The molecule has 2 N–H and O–H groups in total. The van der Waals surface area contributed by atoms with Crippen LogP contribution in [0.2, 0.25) is 0 Å². The highest BCUT2D eigenvalue weighted by Crippen LogP contribution is 2.34. The van der Waals surface area contributed by atoms with Gasteiger partial charge in [-0.15, -0.1) is 0 Å². The first-order valence-corrected chi connectivity index (χ1v) is 9.51. The number of pyridine rings is 1.